The Hall–Kier alpha value is -1.92. The minimum Gasteiger partial charge on any atom is -0.379 e. The lowest BCUT2D eigenvalue weighted by molar-refractivity contribution is 0.856. The summed E-state index contributed by atoms with van der Waals surface area (Å²) < 4.78 is 1.90. The lowest BCUT2D eigenvalue weighted by Gasteiger charge is -2.11. The molecule has 2 rings (SSSR count). The monoisotopic (exact) mass is 273 g/mol. The van der Waals surface area contributed by atoms with Gasteiger partial charge in [0.15, 0.2) is 0 Å². The summed E-state index contributed by atoms with van der Waals surface area (Å²) in [5.41, 5.74) is 4.94. The molecule has 0 aliphatic carbocycles. The third kappa shape index (κ3) is 2.59. The second-order valence-electron chi connectivity index (χ2n) is 4.60. The number of benzene rings is 1. The van der Waals surface area contributed by atoms with E-state index in [0.717, 1.165) is 22.5 Å². The first-order valence-corrected chi connectivity index (χ1v) is 6.46. The van der Waals surface area contributed by atoms with Crippen molar-refractivity contribution in [3.8, 4) is 6.07 Å². The molecular formula is C15H16ClN3. The van der Waals surface area contributed by atoms with E-state index in [1.54, 1.807) is 0 Å². The maximum atomic E-state index is 9.02. The Morgan fingerprint density at radius 2 is 2.11 bits per heavy atom. The fraction of sp³-hybridized carbons (Fsp3) is 0.267. The van der Waals surface area contributed by atoms with Crippen molar-refractivity contribution in [1.82, 2.24) is 4.57 Å². The van der Waals surface area contributed by atoms with Crippen LogP contribution in [0, 0.1) is 25.2 Å². The average molecular weight is 274 g/mol. The lowest BCUT2D eigenvalue weighted by Crippen LogP contribution is -2.03. The number of halogens is 1. The Labute approximate surface area is 118 Å². The van der Waals surface area contributed by atoms with Crippen LogP contribution < -0.4 is 5.32 Å². The molecule has 0 saturated heterocycles. The van der Waals surface area contributed by atoms with Crippen LogP contribution in [0.3, 0.4) is 0 Å². The van der Waals surface area contributed by atoms with E-state index in [2.05, 4.69) is 11.4 Å². The third-order valence-electron chi connectivity index (χ3n) is 3.43. The van der Waals surface area contributed by atoms with Gasteiger partial charge >= 0.3 is 0 Å². The van der Waals surface area contributed by atoms with Gasteiger partial charge in [0.05, 0.1) is 10.7 Å². The topological polar surface area (TPSA) is 40.8 Å². The normalized spacial score (nSPS) is 10.3. The van der Waals surface area contributed by atoms with E-state index in [4.69, 9.17) is 16.9 Å². The zero-order valence-electron chi connectivity index (χ0n) is 11.3. The molecule has 0 amide bonds. The van der Waals surface area contributed by atoms with E-state index < -0.39 is 0 Å². The van der Waals surface area contributed by atoms with Crippen molar-refractivity contribution in [2.75, 3.05) is 5.32 Å². The van der Waals surface area contributed by atoms with Crippen LogP contribution in [0.25, 0.3) is 0 Å². The van der Waals surface area contributed by atoms with Gasteiger partial charge in [-0.15, -0.1) is 0 Å². The van der Waals surface area contributed by atoms with Gasteiger partial charge in [-0.1, -0.05) is 23.7 Å². The molecule has 0 saturated carbocycles. The second kappa shape index (κ2) is 5.38. The molecule has 19 heavy (non-hydrogen) atoms. The van der Waals surface area contributed by atoms with Gasteiger partial charge in [0.1, 0.15) is 11.8 Å². The largest absolute Gasteiger partial charge is 0.379 e. The van der Waals surface area contributed by atoms with Crippen LogP contribution in [0.5, 0.6) is 0 Å². The first-order valence-electron chi connectivity index (χ1n) is 6.09. The number of nitrogens with one attached hydrogen (secondary N) is 1. The number of aromatic nitrogens is 1. The van der Waals surface area contributed by atoms with Crippen LogP contribution in [-0.2, 0) is 13.6 Å². The molecule has 0 spiro atoms. The molecule has 0 aliphatic rings. The molecule has 0 bridgehead atoms. The molecule has 1 heterocycles. The molecule has 3 nitrogen and oxygen atoms in total. The Kier molecular flexibility index (Phi) is 3.82. The SMILES string of the molecule is Cc1cccc(Cl)c1NCc1cc(C#N)n(C)c1C. The van der Waals surface area contributed by atoms with Crippen LogP contribution >= 0.6 is 11.6 Å². The van der Waals surface area contributed by atoms with Crippen molar-refractivity contribution in [3.63, 3.8) is 0 Å². The van der Waals surface area contributed by atoms with Gasteiger partial charge in [-0.3, -0.25) is 0 Å². The Balaban J connectivity index is 2.22. The number of nitrogens with zero attached hydrogens (tertiary/aromatic N) is 2. The fourth-order valence-electron chi connectivity index (χ4n) is 2.09. The van der Waals surface area contributed by atoms with Crippen molar-refractivity contribution in [3.05, 3.63) is 51.8 Å². The molecule has 0 unspecified atom stereocenters. The van der Waals surface area contributed by atoms with Crippen molar-refractivity contribution >= 4 is 17.3 Å². The highest BCUT2D eigenvalue weighted by molar-refractivity contribution is 6.33. The van der Waals surface area contributed by atoms with Crippen LogP contribution in [0.4, 0.5) is 5.69 Å². The molecule has 0 atom stereocenters. The van der Waals surface area contributed by atoms with E-state index in [1.807, 2.05) is 49.7 Å². The number of anilines is 1. The minimum absolute atomic E-state index is 0.659. The number of hydrogen-bond donors (Lipinski definition) is 1. The van der Waals surface area contributed by atoms with E-state index in [-0.39, 0.29) is 0 Å². The van der Waals surface area contributed by atoms with Gasteiger partial charge in [0.2, 0.25) is 0 Å². The predicted molar refractivity (Wildman–Crippen MR) is 78.4 cm³/mol. The van der Waals surface area contributed by atoms with Gasteiger partial charge < -0.3 is 9.88 Å². The molecule has 1 aromatic heterocycles. The second-order valence-corrected chi connectivity index (χ2v) is 5.00. The molecule has 1 aromatic carbocycles. The quantitative estimate of drug-likeness (QED) is 0.925. The first kappa shape index (κ1) is 13.5. The zero-order valence-corrected chi connectivity index (χ0v) is 12.0. The highest BCUT2D eigenvalue weighted by Crippen LogP contribution is 2.26. The van der Waals surface area contributed by atoms with Crippen molar-refractivity contribution in [1.29, 1.82) is 5.26 Å². The van der Waals surface area contributed by atoms with Gasteiger partial charge in [-0.05, 0) is 37.1 Å². The zero-order chi connectivity index (χ0) is 14.0. The predicted octanol–water partition coefficient (Wildman–Crippen LogP) is 3.78. The Morgan fingerprint density at radius 3 is 2.68 bits per heavy atom. The molecular weight excluding hydrogens is 258 g/mol. The van der Waals surface area contributed by atoms with Crippen molar-refractivity contribution < 1.29 is 0 Å². The van der Waals surface area contributed by atoms with Crippen molar-refractivity contribution in [2.45, 2.75) is 20.4 Å². The molecule has 0 radical (unpaired) electrons. The molecule has 98 valence electrons. The summed E-state index contributed by atoms with van der Waals surface area (Å²) in [6, 6.07) is 9.92. The standard InChI is InChI=1S/C15H16ClN3/c1-10-5-4-6-14(16)15(10)18-9-12-7-13(8-17)19(3)11(12)2/h4-7,18H,9H2,1-3H3. The summed E-state index contributed by atoms with van der Waals surface area (Å²) in [5, 5.41) is 13.1. The van der Waals surface area contributed by atoms with Crippen LogP contribution in [0.2, 0.25) is 5.02 Å². The van der Waals surface area contributed by atoms with E-state index in [1.165, 1.54) is 0 Å². The van der Waals surface area contributed by atoms with Gasteiger partial charge in [0.25, 0.3) is 0 Å². The van der Waals surface area contributed by atoms with Gasteiger partial charge in [0, 0.05) is 19.3 Å². The number of aryl methyl sites for hydroxylation is 1. The lowest BCUT2D eigenvalue weighted by atomic mass is 10.2. The highest BCUT2D eigenvalue weighted by Gasteiger charge is 2.09. The summed E-state index contributed by atoms with van der Waals surface area (Å²) in [6.45, 7) is 4.69. The van der Waals surface area contributed by atoms with E-state index >= 15 is 0 Å². The highest BCUT2D eigenvalue weighted by atomic mass is 35.5. The Bertz CT molecular complexity index is 630. The van der Waals surface area contributed by atoms with Crippen molar-refractivity contribution in [2.24, 2.45) is 7.05 Å². The summed E-state index contributed by atoms with van der Waals surface area (Å²) >= 11 is 6.18. The number of para-hydroxylation sites is 1. The molecule has 0 fully saturated rings. The van der Waals surface area contributed by atoms with E-state index in [9.17, 15) is 0 Å². The summed E-state index contributed by atoms with van der Waals surface area (Å²) in [7, 11) is 1.90. The fourth-order valence-corrected chi connectivity index (χ4v) is 2.38. The maximum absolute atomic E-state index is 9.02. The minimum atomic E-state index is 0.659. The third-order valence-corrected chi connectivity index (χ3v) is 3.75. The number of rotatable bonds is 3. The average Bonchev–Trinajstić information content (AvgIpc) is 2.66. The van der Waals surface area contributed by atoms with Gasteiger partial charge in [-0.2, -0.15) is 5.26 Å². The molecule has 0 aliphatic heterocycles. The van der Waals surface area contributed by atoms with E-state index in [0.29, 0.717) is 17.3 Å². The van der Waals surface area contributed by atoms with Crippen LogP contribution in [0.1, 0.15) is 22.5 Å². The maximum Gasteiger partial charge on any atom is 0.120 e. The molecule has 1 N–H and O–H groups in total. The number of nitriles is 1. The van der Waals surface area contributed by atoms with Crippen LogP contribution in [0.15, 0.2) is 24.3 Å². The summed E-state index contributed by atoms with van der Waals surface area (Å²) in [4.78, 5) is 0. The first-order chi connectivity index (χ1) is 9.04. The van der Waals surface area contributed by atoms with Gasteiger partial charge in [-0.25, -0.2) is 0 Å². The summed E-state index contributed by atoms with van der Waals surface area (Å²) in [5.74, 6) is 0. The molecule has 2 aromatic rings. The smallest absolute Gasteiger partial charge is 0.120 e. The Morgan fingerprint density at radius 1 is 1.37 bits per heavy atom. The molecule has 4 heteroatoms. The number of hydrogen-bond acceptors (Lipinski definition) is 2. The summed E-state index contributed by atoms with van der Waals surface area (Å²) in [6.07, 6.45) is 0. The van der Waals surface area contributed by atoms with Crippen LogP contribution in [-0.4, -0.2) is 4.57 Å².